The van der Waals surface area contributed by atoms with Crippen LogP contribution in [0.2, 0.25) is 0 Å². The molecule has 0 aromatic carbocycles. The van der Waals surface area contributed by atoms with Gasteiger partial charge in [-0.15, -0.1) is 0 Å². The molecule has 1 atom stereocenters. The van der Waals surface area contributed by atoms with Crippen molar-refractivity contribution in [2.24, 2.45) is 0 Å². The van der Waals surface area contributed by atoms with E-state index in [1.54, 1.807) is 0 Å². The molecule has 0 N–H and O–H groups in total. The van der Waals surface area contributed by atoms with Gasteiger partial charge in [-0.05, 0) is 38.5 Å². The van der Waals surface area contributed by atoms with Crippen molar-refractivity contribution in [3.05, 3.63) is 12.2 Å². The van der Waals surface area contributed by atoms with Gasteiger partial charge < -0.3 is 14.2 Å². The highest BCUT2D eigenvalue weighted by molar-refractivity contribution is 5.71. The van der Waals surface area contributed by atoms with E-state index in [0.29, 0.717) is 19.3 Å². The Morgan fingerprint density at radius 3 is 1.06 bits per heavy atom. The maximum atomic E-state index is 12.6. The highest BCUT2D eigenvalue weighted by atomic mass is 16.6. The summed E-state index contributed by atoms with van der Waals surface area (Å²) in [5.74, 6) is -0.878. The van der Waals surface area contributed by atoms with Crippen LogP contribution >= 0.6 is 0 Å². The van der Waals surface area contributed by atoms with Crippen LogP contribution in [0.1, 0.15) is 239 Å². The zero-order valence-electron chi connectivity index (χ0n) is 34.1. The summed E-state index contributed by atoms with van der Waals surface area (Å²) >= 11 is 0. The largest absolute Gasteiger partial charge is 0.462 e. The molecule has 0 bridgehead atoms. The van der Waals surface area contributed by atoms with Crippen LogP contribution in [0.15, 0.2) is 12.2 Å². The van der Waals surface area contributed by atoms with Gasteiger partial charge in [-0.1, -0.05) is 193 Å². The monoisotopic (exact) mass is 721 g/mol. The molecule has 0 aromatic rings. The molecule has 0 fully saturated rings. The summed E-state index contributed by atoms with van der Waals surface area (Å²) in [6, 6.07) is 0. The lowest BCUT2D eigenvalue weighted by atomic mass is 10.0. The molecule has 0 aliphatic carbocycles. The van der Waals surface area contributed by atoms with Gasteiger partial charge in [-0.3, -0.25) is 14.4 Å². The molecule has 0 spiro atoms. The van der Waals surface area contributed by atoms with E-state index < -0.39 is 6.10 Å². The minimum atomic E-state index is -0.764. The van der Waals surface area contributed by atoms with Crippen LogP contribution in [0.4, 0.5) is 0 Å². The second kappa shape index (κ2) is 40.9. The molecule has 6 nitrogen and oxygen atoms in total. The predicted molar refractivity (Wildman–Crippen MR) is 215 cm³/mol. The Hall–Kier alpha value is -1.85. The average molecular weight is 721 g/mol. The maximum Gasteiger partial charge on any atom is 0.306 e. The molecule has 0 amide bonds. The minimum absolute atomic E-state index is 0.0695. The van der Waals surface area contributed by atoms with Crippen molar-refractivity contribution >= 4 is 17.9 Å². The van der Waals surface area contributed by atoms with E-state index >= 15 is 0 Å². The van der Waals surface area contributed by atoms with Crippen molar-refractivity contribution in [1.29, 1.82) is 0 Å². The summed E-state index contributed by atoms with van der Waals surface area (Å²) in [6.07, 6.45) is 42.0. The summed E-state index contributed by atoms with van der Waals surface area (Å²) in [5, 5.41) is 0. The van der Waals surface area contributed by atoms with Gasteiger partial charge in [0.25, 0.3) is 0 Å². The van der Waals surface area contributed by atoms with E-state index in [-0.39, 0.29) is 31.1 Å². The summed E-state index contributed by atoms with van der Waals surface area (Å²) in [6.45, 7) is 6.55. The molecule has 6 heteroatoms. The van der Waals surface area contributed by atoms with Crippen LogP contribution in [0.5, 0.6) is 0 Å². The number of hydrogen-bond donors (Lipinski definition) is 0. The van der Waals surface area contributed by atoms with Crippen LogP contribution in [-0.2, 0) is 28.6 Å². The van der Waals surface area contributed by atoms with Crippen molar-refractivity contribution in [2.75, 3.05) is 13.2 Å². The Labute approximate surface area is 316 Å². The van der Waals surface area contributed by atoms with Gasteiger partial charge in [0.2, 0.25) is 0 Å². The first-order valence-electron chi connectivity index (χ1n) is 22.2. The fourth-order valence-corrected chi connectivity index (χ4v) is 6.39. The molecule has 0 aliphatic heterocycles. The number of ether oxygens (including phenoxy) is 3. The van der Waals surface area contributed by atoms with Crippen LogP contribution in [0, 0.1) is 0 Å². The number of rotatable bonds is 40. The van der Waals surface area contributed by atoms with E-state index in [2.05, 4.69) is 32.9 Å². The Morgan fingerprint density at radius 1 is 0.373 bits per heavy atom. The molecule has 1 unspecified atom stereocenters. The van der Waals surface area contributed by atoms with Crippen LogP contribution in [-0.4, -0.2) is 37.2 Å². The van der Waals surface area contributed by atoms with Crippen LogP contribution < -0.4 is 0 Å². The topological polar surface area (TPSA) is 78.9 Å². The zero-order chi connectivity index (χ0) is 37.3. The molecule has 0 heterocycles. The lowest BCUT2D eigenvalue weighted by Crippen LogP contribution is -2.30. The van der Waals surface area contributed by atoms with Crippen molar-refractivity contribution < 1.29 is 28.6 Å². The van der Waals surface area contributed by atoms with Crippen LogP contribution in [0.25, 0.3) is 0 Å². The Balaban J connectivity index is 4.27. The van der Waals surface area contributed by atoms with Crippen molar-refractivity contribution in [3.63, 3.8) is 0 Å². The number of allylic oxidation sites excluding steroid dienone is 2. The number of carbonyl (C=O) groups excluding carboxylic acids is 3. The standard InChI is InChI=1S/C45H84O6/c1-4-7-10-13-16-19-21-22-23-24-25-27-29-32-35-38-44(47)50-41-42(40-49-43(46)37-34-31-28-18-15-12-9-6-3)51-45(48)39-36-33-30-26-20-17-14-11-8-5-2/h11,14,42H,4-10,12-13,15-41H2,1-3H3/b14-11-. The minimum Gasteiger partial charge on any atom is -0.462 e. The van der Waals surface area contributed by atoms with E-state index in [0.717, 1.165) is 77.0 Å². The normalized spacial score (nSPS) is 12.0. The highest BCUT2D eigenvalue weighted by Crippen LogP contribution is 2.15. The third-order valence-corrected chi connectivity index (χ3v) is 9.75. The predicted octanol–water partition coefficient (Wildman–Crippen LogP) is 13.9. The highest BCUT2D eigenvalue weighted by Gasteiger charge is 2.19. The fourth-order valence-electron chi connectivity index (χ4n) is 6.39. The molecule has 0 saturated heterocycles. The van der Waals surface area contributed by atoms with E-state index in [9.17, 15) is 14.4 Å². The van der Waals surface area contributed by atoms with Crippen molar-refractivity contribution in [2.45, 2.75) is 245 Å². The number of esters is 3. The average Bonchev–Trinajstić information content (AvgIpc) is 3.12. The molecule has 0 aliphatic rings. The van der Waals surface area contributed by atoms with Crippen molar-refractivity contribution in [1.82, 2.24) is 0 Å². The fraction of sp³-hybridized carbons (Fsp3) is 0.889. The molecule has 0 radical (unpaired) electrons. The SMILES string of the molecule is CCC/C=C\CCCCCCCC(=O)OC(COC(=O)CCCCCCCCCC)COC(=O)CCCCCCCCCCCCCCCCC. The number of hydrogen-bond acceptors (Lipinski definition) is 6. The van der Waals surface area contributed by atoms with Gasteiger partial charge in [-0.25, -0.2) is 0 Å². The molecular weight excluding hydrogens is 636 g/mol. The third kappa shape index (κ3) is 39.2. The summed E-state index contributed by atoms with van der Waals surface area (Å²) < 4.78 is 16.6. The Kier molecular flexibility index (Phi) is 39.4. The summed E-state index contributed by atoms with van der Waals surface area (Å²) in [5.41, 5.74) is 0. The smallest absolute Gasteiger partial charge is 0.306 e. The number of unbranched alkanes of at least 4 members (excludes halogenated alkanes) is 27. The van der Waals surface area contributed by atoms with E-state index in [4.69, 9.17) is 14.2 Å². The third-order valence-electron chi connectivity index (χ3n) is 9.75. The molecule has 300 valence electrons. The van der Waals surface area contributed by atoms with Crippen molar-refractivity contribution in [3.8, 4) is 0 Å². The molecule has 51 heavy (non-hydrogen) atoms. The Morgan fingerprint density at radius 2 is 0.686 bits per heavy atom. The van der Waals surface area contributed by atoms with Gasteiger partial charge in [0, 0.05) is 19.3 Å². The summed E-state index contributed by atoms with van der Waals surface area (Å²) in [7, 11) is 0. The van der Waals surface area contributed by atoms with Gasteiger partial charge >= 0.3 is 17.9 Å². The van der Waals surface area contributed by atoms with E-state index in [1.165, 1.54) is 122 Å². The van der Waals surface area contributed by atoms with E-state index in [1.807, 2.05) is 0 Å². The maximum absolute atomic E-state index is 12.6. The first-order chi connectivity index (χ1) is 25.0. The first-order valence-corrected chi connectivity index (χ1v) is 22.2. The second-order valence-corrected chi connectivity index (χ2v) is 15.0. The second-order valence-electron chi connectivity index (χ2n) is 15.0. The molecule has 0 rings (SSSR count). The van der Waals surface area contributed by atoms with Gasteiger partial charge in [-0.2, -0.15) is 0 Å². The number of carbonyl (C=O) groups is 3. The lowest BCUT2D eigenvalue weighted by molar-refractivity contribution is -0.167. The zero-order valence-corrected chi connectivity index (χ0v) is 34.1. The molecule has 0 saturated carbocycles. The summed E-state index contributed by atoms with van der Waals surface area (Å²) in [4.78, 5) is 37.5. The van der Waals surface area contributed by atoms with Crippen LogP contribution in [0.3, 0.4) is 0 Å². The Bertz CT molecular complexity index is 794. The lowest BCUT2D eigenvalue weighted by Gasteiger charge is -2.18. The molecule has 0 aromatic heterocycles. The first kappa shape index (κ1) is 49.1. The van der Waals surface area contributed by atoms with Gasteiger partial charge in [0.15, 0.2) is 6.10 Å². The quantitative estimate of drug-likeness (QED) is 0.0271. The van der Waals surface area contributed by atoms with Gasteiger partial charge in [0.05, 0.1) is 0 Å². The van der Waals surface area contributed by atoms with Gasteiger partial charge in [0.1, 0.15) is 13.2 Å². The molecular formula is C45H84O6.